The standard InChI is InChI=1S/C12H24O/c1-4-12(13)11-7-5-10(6-8-11)9(2)3/h9-13H,4-8H2,1-3H3/t10-,11-,12?. The van der Waals surface area contributed by atoms with Crippen molar-refractivity contribution >= 4 is 0 Å². The van der Waals surface area contributed by atoms with E-state index in [0.717, 1.165) is 18.3 Å². The number of hydrogen-bond acceptors (Lipinski definition) is 1. The molecule has 78 valence electrons. The van der Waals surface area contributed by atoms with Crippen LogP contribution in [-0.2, 0) is 0 Å². The van der Waals surface area contributed by atoms with E-state index >= 15 is 0 Å². The molecule has 0 saturated heterocycles. The second-order valence-electron chi connectivity index (χ2n) is 4.89. The molecule has 0 aromatic carbocycles. The Labute approximate surface area is 82.5 Å². The lowest BCUT2D eigenvalue weighted by molar-refractivity contribution is 0.0645. The van der Waals surface area contributed by atoms with Gasteiger partial charge in [-0.05, 0) is 49.9 Å². The van der Waals surface area contributed by atoms with Crippen LogP contribution in [0.15, 0.2) is 0 Å². The van der Waals surface area contributed by atoms with Crippen molar-refractivity contribution in [2.45, 2.75) is 59.0 Å². The predicted molar refractivity (Wildman–Crippen MR) is 56.6 cm³/mol. The summed E-state index contributed by atoms with van der Waals surface area (Å²) < 4.78 is 0. The molecule has 0 radical (unpaired) electrons. The maximum absolute atomic E-state index is 9.71. The zero-order chi connectivity index (χ0) is 9.84. The number of aliphatic hydroxyl groups excluding tert-OH is 1. The summed E-state index contributed by atoms with van der Waals surface area (Å²) in [6, 6.07) is 0. The van der Waals surface area contributed by atoms with Crippen LogP contribution in [0.4, 0.5) is 0 Å². The third-order valence-corrected chi connectivity index (χ3v) is 3.72. The van der Waals surface area contributed by atoms with E-state index in [9.17, 15) is 5.11 Å². The smallest absolute Gasteiger partial charge is 0.0565 e. The van der Waals surface area contributed by atoms with Crippen molar-refractivity contribution < 1.29 is 5.11 Å². The van der Waals surface area contributed by atoms with Crippen LogP contribution in [0.1, 0.15) is 52.9 Å². The van der Waals surface area contributed by atoms with Gasteiger partial charge in [0, 0.05) is 0 Å². The van der Waals surface area contributed by atoms with E-state index in [1.54, 1.807) is 0 Å². The first-order valence-corrected chi connectivity index (χ1v) is 5.83. The van der Waals surface area contributed by atoms with Gasteiger partial charge in [0.1, 0.15) is 0 Å². The van der Waals surface area contributed by atoms with Crippen molar-refractivity contribution in [2.24, 2.45) is 17.8 Å². The first-order valence-electron chi connectivity index (χ1n) is 5.83. The van der Waals surface area contributed by atoms with E-state index in [1.165, 1.54) is 25.7 Å². The largest absolute Gasteiger partial charge is 0.393 e. The highest BCUT2D eigenvalue weighted by Gasteiger charge is 2.26. The molecule has 0 heterocycles. The van der Waals surface area contributed by atoms with Crippen molar-refractivity contribution in [3.05, 3.63) is 0 Å². The van der Waals surface area contributed by atoms with Gasteiger partial charge in [-0.3, -0.25) is 0 Å². The zero-order valence-electron chi connectivity index (χ0n) is 9.29. The third kappa shape index (κ3) is 2.98. The lowest BCUT2D eigenvalue weighted by Crippen LogP contribution is -2.26. The molecule has 1 fully saturated rings. The number of aliphatic hydroxyl groups is 1. The molecule has 1 nitrogen and oxygen atoms in total. The average Bonchev–Trinajstić information content (AvgIpc) is 2.17. The minimum atomic E-state index is -0.0342. The second kappa shape index (κ2) is 4.99. The summed E-state index contributed by atoms with van der Waals surface area (Å²) in [6.07, 6.45) is 6.05. The quantitative estimate of drug-likeness (QED) is 0.714. The molecule has 0 spiro atoms. The van der Waals surface area contributed by atoms with Crippen molar-refractivity contribution in [3.8, 4) is 0 Å². The van der Waals surface area contributed by atoms with Crippen LogP contribution in [0.5, 0.6) is 0 Å². The van der Waals surface area contributed by atoms with Crippen molar-refractivity contribution in [2.75, 3.05) is 0 Å². The van der Waals surface area contributed by atoms with Gasteiger partial charge in [-0.15, -0.1) is 0 Å². The Hall–Kier alpha value is -0.0400. The Kier molecular flexibility index (Phi) is 4.24. The van der Waals surface area contributed by atoms with Crippen LogP contribution in [0.2, 0.25) is 0 Å². The molecular weight excluding hydrogens is 160 g/mol. The Balaban J connectivity index is 2.30. The van der Waals surface area contributed by atoms with E-state index in [1.807, 2.05) is 0 Å². The molecule has 13 heavy (non-hydrogen) atoms. The van der Waals surface area contributed by atoms with E-state index in [0.29, 0.717) is 5.92 Å². The first kappa shape index (κ1) is 11.0. The Bertz CT molecular complexity index is 134. The lowest BCUT2D eigenvalue weighted by Gasteiger charge is -2.33. The van der Waals surface area contributed by atoms with E-state index in [2.05, 4.69) is 20.8 Å². The second-order valence-corrected chi connectivity index (χ2v) is 4.89. The predicted octanol–water partition coefficient (Wildman–Crippen LogP) is 3.22. The highest BCUT2D eigenvalue weighted by Crippen LogP contribution is 2.35. The fourth-order valence-electron chi connectivity index (χ4n) is 2.53. The van der Waals surface area contributed by atoms with E-state index in [-0.39, 0.29) is 6.10 Å². The summed E-state index contributed by atoms with van der Waals surface area (Å²) in [5.41, 5.74) is 0. The highest BCUT2D eigenvalue weighted by atomic mass is 16.3. The van der Waals surface area contributed by atoms with Crippen molar-refractivity contribution in [1.82, 2.24) is 0 Å². The van der Waals surface area contributed by atoms with Gasteiger partial charge in [0.2, 0.25) is 0 Å². The van der Waals surface area contributed by atoms with Gasteiger partial charge in [-0.2, -0.15) is 0 Å². The number of hydrogen-bond donors (Lipinski definition) is 1. The minimum Gasteiger partial charge on any atom is -0.393 e. The summed E-state index contributed by atoms with van der Waals surface area (Å²) in [4.78, 5) is 0. The normalized spacial score (nSPS) is 32.1. The van der Waals surface area contributed by atoms with Gasteiger partial charge < -0.3 is 5.11 Å². The molecule has 1 aliphatic rings. The fourth-order valence-corrected chi connectivity index (χ4v) is 2.53. The van der Waals surface area contributed by atoms with Crippen LogP contribution in [-0.4, -0.2) is 11.2 Å². The molecule has 0 aromatic heterocycles. The summed E-state index contributed by atoms with van der Waals surface area (Å²) in [6.45, 7) is 6.72. The molecule has 1 unspecified atom stereocenters. The molecule has 0 amide bonds. The molecule has 0 aliphatic heterocycles. The van der Waals surface area contributed by atoms with Gasteiger partial charge in [-0.25, -0.2) is 0 Å². The van der Waals surface area contributed by atoms with Gasteiger partial charge in [0.15, 0.2) is 0 Å². The molecular formula is C12H24O. The van der Waals surface area contributed by atoms with Crippen LogP contribution in [0.25, 0.3) is 0 Å². The van der Waals surface area contributed by atoms with Gasteiger partial charge in [0.05, 0.1) is 6.10 Å². The van der Waals surface area contributed by atoms with E-state index in [4.69, 9.17) is 0 Å². The average molecular weight is 184 g/mol. The zero-order valence-corrected chi connectivity index (χ0v) is 9.29. The molecule has 1 N–H and O–H groups in total. The molecule has 1 saturated carbocycles. The summed E-state index contributed by atoms with van der Waals surface area (Å²) in [7, 11) is 0. The number of rotatable bonds is 3. The molecule has 1 rings (SSSR count). The topological polar surface area (TPSA) is 20.2 Å². The van der Waals surface area contributed by atoms with Crippen LogP contribution in [0, 0.1) is 17.8 Å². The fraction of sp³-hybridized carbons (Fsp3) is 1.00. The molecule has 1 heteroatoms. The summed E-state index contributed by atoms with van der Waals surface area (Å²) in [5, 5.41) is 9.71. The maximum Gasteiger partial charge on any atom is 0.0565 e. The maximum atomic E-state index is 9.71. The summed E-state index contributed by atoms with van der Waals surface area (Å²) in [5.74, 6) is 2.35. The monoisotopic (exact) mass is 184 g/mol. The third-order valence-electron chi connectivity index (χ3n) is 3.72. The van der Waals surface area contributed by atoms with Gasteiger partial charge in [-0.1, -0.05) is 20.8 Å². The van der Waals surface area contributed by atoms with Crippen LogP contribution < -0.4 is 0 Å². The van der Waals surface area contributed by atoms with Gasteiger partial charge in [0.25, 0.3) is 0 Å². The summed E-state index contributed by atoms with van der Waals surface area (Å²) >= 11 is 0. The van der Waals surface area contributed by atoms with Crippen LogP contribution in [0.3, 0.4) is 0 Å². The van der Waals surface area contributed by atoms with Crippen molar-refractivity contribution in [3.63, 3.8) is 0 Å². The molecule has 0 aromatic rings. The molecule has 1 aliphatic carbocycles. The highest BCUT2D eigenvalue weighted by molar-refractivity contribution is 4.78. The lowest BCUT2D eigenvalue weighted by atomic mass is 9.75. The molecule has 0 bridgehead atoms. The minimum absolute atomic E-state index is 0.0342. The van der Waals surface area contributed by atoms with Crippen LogP contribution >= 0.6 is 0 Å². The SMILES string of the molecule is CCC(O)[C@H]1CC[C@H](C(C)C)CC1. The Morgan fingerprint density at radius 1 is 1.08 bits per heavy atom. The first-order chi connectivity index (χ1) is 6.15. The van der Waals surface area contributed by atoms with E-state index < -0.39 is 0 Å². The van der Waals surface area contributed by atoms with Gasteiger partial charge >= 0.3 is 0 Å². The Morgan fingerprint density at radius 3 is 1.92 bits per heavy atom. The molecule has 1 atom stereocenters. The van der Waals surface area contributed by atoms with Crippen molar-refractivity contribution in [1.29, 1.82) is 0 Å². The Morgan fingerprint density at radius 2 is 1.54 bits per heavy atom.